The van der Waals surface area contributed by atoms with Crippen molar-refractivity contribution in [2.45, 2.75) is 19.6 Å². The Bertz CT molecular complexity index is 539. The van der Waals surface area contributed by atoms with E-state index in [1.54, 1.807) is 10.7 Å². The van der Waals surface area contributed by atoms with E-state index >= 15 is 0 Å². The number of nitrogens with two attached hydrogens (primary N) is 1. The Morgan fingerprint density at radius 3 is 2.89 bits per heavy atom. The maximum absolute atomic E-state index is 5.94. The number of ether oxygens (including phenoxy) is 1. The molecule has 0 radical (unpaired) electrons. The molecule has 0 bridgehead atoms. The zero-order valence-corrected chi connectivity index (χ0v) is 11.1. The molecule has 18 heavy (non-hydrogen) atoms. The summed E-state index contributed by atoms with van der Waals surface area (Å²) in [6, 6.07) is 5.27. The van der Waals surface area contributed by atoms with Gasteiger partial charge in [0, 0.05) is 23.7 Å². The van der Waals surface area contributed by atoms with Crippen molar-refractivity contribution < 1.29 is 4.74 Å². The predicted molar refractivity (Wildman–Crippen MR) is 69.4 cm³/mol. The van der Waals surface area contributed by atoms with Gasteiger partial charge in [0.1, 0.15) is 18.1 Å². The summed E-state index contributed by atoms with van der Waals surface area (Å²) in [5, 5.41) is 8.44. The minimum absolute atomic E-state index is 0.138. The molecular weight excluding hydrogens is 252 g/mol. The van der Waals surface area contributed by atoms with Crippen molar-refractivity contribution in [3.63, 3.8) is 0 Å². The molecule has 2 rings (SSSR count). The van der Waals surface area contributed by atoms with Gasteiger partial charge in [-0.1, -0.05) is 16.8 Å². The fraction of sp³-hybridized carbons (Fsp3) is 0.333. The molecule has 96 valence electrons. The van der Waals surface area contributed by atoms with Crippen LogP contribution in [0.3, 0.4) is 0 Å². The molecule has 0 saturated heterocycles. The van der Waals surface area contributed by atoms with Crippen LogP contribution in [0.2, 0.25) is 5.02 Å². The summed E-state index contributed by atoms with van der Waals surface area (Å²) in [6.07, 6.45) is 1.81. The monoisotopic (exact) mass is 266 g/mol. The van der Waals surface area contributed by atoms with Crippen molar-refractivity contribution in [3.8, 4) is 5.75 Å². The lowest BCUT2D eigenvalue weighted by Crippen LogP contribution is -2.08. The Labute approximate surface area is 111 Å². The summed E-state index contributed by atoms with van der Waals surface area (Å²) < 4.78 is 7.33. The molecule has 0 aliphatic heterocycles. The van der Waals surface area contributed by atoms with Gasteiger partial charge in [0.05, 0.1) is 6.20 Å². The summed E-state index contributed by atoms with van der Waals surface area (Å²) in [4.78, 5) is 0. The molecule has 1 aromatic carbocycles. The second-order valence-corrected chi connectivity index (χ2v) is 4.58. The number of nitrogens with zero attached hydrogens (tertiary/aromatic N) is 3. The van der Waals surface area contributed by atoms with Crippen LogP contribution in [0.25, 0.3) is 0 Å². The van der Waals surface area contributed by atoms with E-state index in [4.69, 9.17) is 22.1 Å². The Kier molecular flexibility index (Phi) is 3.84. The Morgan fingerprint density at radius 2 is 2.28 bits per heavy atom. The molecule has 0 fully saturated rings. The highest BCUT2D eigenvalue weighted by atomic mass is 35.5. The van der Waals surface area contributed by atoms with Crippen LogP contribution >= 0.6 is 11.6 Å². The van der Waals surface area contributed by atoms with Crippen molar-refractivity contribution in [1.82, 2.24) is 15.0 Å². The van der Waals surface area contributed by atoms with E-state index in [9.17, 15) is 0 Å². The molecule has 1 aromatic heterocycles. The fourth-order valence-electron chi connectivity index (χ4n) is 1.62. The second kappa shape index (κ2) is 5.37. The highest BCUT2D eigenvalue weighted by Crippen LogP contribution is 2.27. The van der Waals surface area contributed by atoms with Crippen LogP contribution < -0.4 is 10.5 Å². The van der Waals surface area contributed by atoms with Gasteiger partial charge < -0.3 is 10.5 Å². The summed E-state index contributed by atoms with van der Waals surface area (Å²) in [7, 11) is 1.81. The molecule has 2 aromatic rings. The molecule has 0 spiro atoms. The quantitative estimate of drug-likeness (QED) is 0.920. The Morgan fingerprint density at radius 1 is 1.50 bits per heavy atom. The molecule has 1 heterocycles. The van der Waals surface area contributed by atoms with E-state index in [-0.39, 0.29) is 6.04 Å². The SMILES string of the molecule is C[C@H](N)c1cc(Cl)ccc1OCc1cn(C)nn1. The third-order valence-corrected chi connectivity index (χ3v) is 2.72. The number of aromatic nitrogens is 3. The van der Waals surface area contributed by atoms with E-state index in [0.717, 1.165) is 17.0 Å². The van der Waals surface area contributed by atoms with Crippen LogP contribution in [-0.4, -0.2) is 15.0 Å². The third-order valence-electron chi connectivity index (χ3n) is 2.49. The second-order valence-electron chi connectivity index (χ2n) is 4.14. The lowest BCUT2D eigenvalue weighted by molar-refractivity contribution is 0.296. The first-order valence-electron chi connectivity index (χ1n) is 5.59. The van der Waals surface area contributed by atoms with Gasteiger partial charge in [0.25, 0.3) is 0 Å². The van der Waals surface area contributed by atoms with Gasteiger partial charge in [-0.15, -0.1) is 5.10 Å². The summed E-state index contributed by atoms with van der Waals surface area (Å²) in [6.45, 7) is 2.25. The average Bonchev–Trinajstić information content (AvgIpc) is 2.73. The summed E-state index contributed by atoms with van der Waals surface area (Å²) in [5.41, 5.74) is 7.53. The smallest absolute Gasteiger partial charge is 0.134 e. The van der Waals surface area contributed by atoms with Crippen molar-refractivity contribution in [3.05, 3.63) is 40.7 Å². The van der Waals surface area contributed by atoms with Crippen LogP contribution in [0, 0.1) is 0 Å². The molecule has 1 atom stereocenters. The Balaban J connectivity index is 2.13. The molecule has 0 amide bonds. The highest BCUT2D eigenvalue weighted by molar-refractivity contribution is 6.30. The maximum Gasteiger partial charge on any atom is 0.134 e. The van der Waals surface area contributed by atoms with Gasteiger partial charge in [-0.05, 0) is 25.1 Å². The Hall–Kier alpha value is -1.59. The minimum Gasteiger partial charge on any atom is -0.487 e. The van der Waals surface area contributed by atoms with Gasteiger partial charge in [-0.25, -0.2) is 0 Å². The molecule has 6 heteroatoms. The molecule has 2 N–H and O–H groups in total. The third kappa shape index (κ3) is 3.00. The summed E-state index contributed by atoms with van der Waals surface area (Å²) >= 11 is 5.94. The van der Waals surface area contributed by atoms with Gasteiger partial charge in [0.2, 0.25) is 0 Å². The number of aryl methyl sites for hydroxylation is 1. The highest BCUT2D eigenvalue weighted by Gasteiger charge is 2.10. The van der Waals surface area contributed by atoms with Crippen molar-refractivity contribution in [2.75, 3.05) is 0 Å². The number of rotatable bonds is 4. The number of hydrogen-bond donors (Lipinski definition) is 1. The average molecular weight is 267 g/mol. The minimum atomic E-state index is -0.138. The van der Waals surface area contributed by atoms with Crippen LogP contribution in [0.5, 0.6) is 5.75 Å². The lowest BCUT2D eigenvalue weighted by atomic mass is 10.1. The molecule has 5 nitrogen and oxygen atoms in total. The standard InChI is InChI=1S/C12H15ClN4O/c1-8(14)11-5-9(13)3-4-12(11)18-7-10-6-17(2)16-15-10/h3-6,8H,7,14H2,1-2H3/t8-/m0/s1. The van der Waals surface area contributed by atoms with E-state index in [1.807, 2.05) is 32.3 Å². The van der Waals surface area contributed by atoms with E-state index in [2.05, 4.69) is 10.3 Å². The van der Waals surface area contributed by atoms with Crippen LogP contribution in [-0.2, 0) is 13.7 Å². The van der Waals surface area contributed by atoms with Crippen molar-refractivity contribution in [1.29, 1.82) is 0 Å². The zero-order valence-electron chi connectivity index (χ0n) is 10.3. The number of benzene rings is 1. The van der Waals surface area contributed by atoms with E-state index < -0.39 is 0 Å². The van der Waals surface area contributed by atoms with Gasteiger partial charge in [-0.3, -0.25) is 4.68 Å². The summed E-state index contributed by atoms with van der Waals surface area (Å²) in [5.74, 6) is 0.722. The lowest BCUT2D eigenvalue weighted by Gasteiger charge is -2.13. The van der Waals surface area contributed by atoms with E-state index in [0.29, 0.717) is 11.6 Å². The number of halogens is 1. The molecule has 0 aliphatic rings. The molecular formula is C12H15ClN4O. The normalized spacial score (nSPS) is 12.4. The first kappa shape index (κ1) is 12.9. The van der Waals surface area contributed by atoms with Crippen molar-refractivity contribution >= 4 is 11.6 Å². The van der Waals surface area contributed by atoms with E-state index in [1.165, 1.54) is 0 Å². The van der Waals surface area contributed by atoms with Crippen LogP contribution in [0.15, 0.2) is 24.4 Å². The number of hydrogen-bond acceptors (Lipinski definition) is 4. The maximum atomic E-state index is 5.94. The topological polar surface area (TPSA) is 66.0 Å². The fourth-order valence-corrected chi connectivity index (χ4v) is 1.80. The zero-order chi connectivity index (χ0) is 13.1. The molecule has 0 saturated carbocycles. The first-order valence-corrected chi connectivity index (χ1v) is 5.97. The first-order chi connectivity index (χ1) is 8.56. The van der Waals surface area contributed by atoms with Crippen molar-refractivity contribution in [2.24, 2.45) is 12.8 Å². The van der Waals surface area contributed by atoms with Crippen LogP contribution in [0.1, 0.15) is 24.2 Å². The van der Waals surface area contributed by atoms with Crippen LogP contribution in [0.4, 0.5) is 0 Å². The van der Waals surface area contributed by atoms with Gasteiger partial charge >= 0.3 is 0 Å². The molecule has 0 unspecified atom stereocenters. The largest absolute Gasteiger partial charge is 0.487 e. The molecule has 0 aliphatic carbocycles. The van der Waals surface area contributed by atoms with Gasteiger partial charge in [-0.2, -0.15) is 0 Å². The van der Waals surface area contributed by atoms with Gasteiger partial charge in [0.15, 0.2) is 0 Å². The predicted octanol–water partition coefficient (Wildman–Crippen LogP) is 2.07.